The molecule has 1 fully saturated rings. The molecular weight excluding hydrogens is 272 g/mol. The lowest BCUT2D eigenvalue weighted by Gasteiger charge is -2.32. The fraction of sp³-hybridized carbons (Fsp3) is 0.500. The second-order valence-electron chi connectivity index (χ2n) is 5.17. The monoisotopic (exact) mass is 290 g/mol. The van der Waals surface area contributed by atoms with Gasteiger partial charge in [0, 0.05) is 42.7 Å². The second-order valence-corrected chi connectivity index (χ2v) is 5.89. The van der Waals surface area contributed by atoms with Crippen molar-refractivity contribution in [2.75, 3.05) is 13.1 Å². The molecule has 2 aromatic heterocycles. The second kappa shape index (κ2) is 6.17. The number of likely N-dealkylation sites (tertiary alicyclic amines) is 1. The lowest BCUT2D eigenvalue weighted by atomic mass is 9.94. The molecule has 1 N–H and O–H groups in total. The van der Waals surface area contributed by atoms with Gasteiger partial charge in [-0.25, -0.2) is 4.98 Å². The van der Waals surface area contributed by atoms with Crippen LogP contribution in [0.5, 0.6) is 0 Å². The molecule has 106 valence electrons. The van der Waals surface area contributed by atoms with Crippen molar-refractivity contribution in [1.29, 1.82) is 0 Å². The van der Waals surface area contributed by atoms with Gasteiger partial charge >= 0.3 is 0 Å². The first kappa shape index (κ1) is 13.3. The number of hydrogen-bond acceptors (Lipinski definition) is 4. The quantitative estimate of drug-likeness (QED) is 0.939. The molecule has 0 saturated carbocycles. The van der Waals surface area contributed by atoms with Crippen molar-refractivity contribution in [3.8, 4) is 0 Å². The number of aryl methyl sites for hydroxylation is 1. The van der Waals surface area contributed by atoms with E-state index in [0.717, 1.165) is 43.7 Å². The van der Waals surface area contributed by atoms with Crippen molar-refractivity contribution < 1.29 is 4.79 Å². The molecule has 0 aliphatic carbocycles. The van der Waals surface area contributed by atoms with Crippen LogP contribution in [0, 0.1) is 0 Å². The number of carbonyl (C=O) groups excluding carboxylic acids is 1. The third-order valence-corrected chi connectivity index (χ3v) is 4.45. The number of nitrogens with one attached hydrogen (secondary N) is 1. The van der Waals surface area contributed by atoms with Gasteiger partial charge in [-0.1, -0.05) is 0 Å². The maximum Gasteiger partial charge on any atom is 0.222 e. The summed E-state index contributed by atoms with van der Waals surface area (Å²) in [6.07, 6.45) is 5.26. The Balaban J connectivity index is 1.55. The molecule has 5 nitrogen and oxygen atoms in total. The van der Waals surface area contributed by atoms with Gasteiger partial charge in [0.1, 0.15) is 0 Å². The van der Waals surface area contributed by atoms with E-state index in [0.29, 0.717) is 12.3 Å². The maximum absolute atomic E-state index is 12.3. The Kier molecular flexibility index (Phi) is 4.11. The fourth-order valence-electron chi connectivity index (χ4n) is 2.71. The number of carbonyl (C=O) groups is 1. The maximum atomic E-state index is 12.3. The normalized spacial score (nSPS) is 19.2. The molecule has 0 spiro atoms. The van der Waals surface area contributed by atoms with Crippen molar-refractivity contribution in [3.63, 3.8) is 0 Å². The molecule has 1 saturated heterocycles. The van der Waals surface area contributed by atoms with Crippen molar-refractivity contribution in [2.24, 2.45) is 0 Å². The SMILES string of the molecule is O=C(CCc1cscn1)N1CCCC(c2ccn[nH]2)C1. The highest BCUT2D eigenvalue weighted by Gasteiger charge is 2.25. The molecule has 1 amide bonds. The standard InChI is InChI=1S/C14H18N4OS/c19-14(4-3-12-9-20-10-15-12)18-7-1-2-11(8-18)13-5-6-16-17-13/h5-6,9-11H,1-4,7-8H2,(H,16,17). The zero-order valence-electron chi connectivity index (χ0n) is 11.3. The van der Waals surface area contributed by atoms with Gasteiger partial charge in [0.2, 0.25) is 5.91 Å². The van der Waals surface area contributed by atoms with Crippen LogP contribution in [-0.4, -0.2) is 39.1 Å². The lowest BCUT2D eigenvalue weighted by Crippen LogP contribution is -2.39. The summed E-state index contributed by atoms with van der Waals surface area (Å²) >= 11 is 1.58. The minimum atomic E-state index is 0.238. The van der Waals surface area contributed by atoms with E-state index in [2.05, 4.69) is 15.2 Å². The number of H-pyrrole nitrogens is 1. The van der Waals surface area contributed by atoms with E-state index in [1.165, 1.54) is 0 Å². The summed E-state index contributed by atoms with van der Waals surface area (Å²) in [4.78, 5) is 18.5. The summed E-state index contributed by atoms with van der Waals surface area (Å²) in [5.41, 5.74) is 3.97. The molecule has 1 unspecified atom stereocenters. The number of hydrogen-bond donors (Lipinski definition) is 1. The van der Waals surface area contributed by atoms with E-state index >= 15 is 0 Å². The van der Waals surface area contributed by atoms with Crippen LogP contribution < -0.4 is 0 Å². The van der Waals surface area contributed by atoms with Crippen LogP contribution in [0.15, 0.2) is 23.2 Å². The number of aromatic amines is 1. The fourth-order valence-corrected chi connectivity index (χ4v) is 3.30. The molecular formula is C14H18N4OS. The first-order valence-corrected chi connectivity index (χ1v) is 7.91. The Morgan fingerprint density at radius 3 is 3.25 bits per heavy atom. The molecule has 1 aliphatic rings. The minimum Gasteiger partial charge on any atom is -0.342 e. The summed E-state index contributed by atoms with van der Waals surface area (Å²) in [5, 5.41) is 9.04. The largest absolute Gasteiger partial charge is 0.342 e. The van der Waals surface area contributed by atoms with Crippen molar-refractivity contribution in [1.82, 2.24) is 20.1 Å². The molecule has 20 heavy (non-hydrogen) atoms. The van der Waals surface area contributed by atoms with Gasteiger partial charge < -0.3 is 4.90 Å². The molecule has 2 aromatic rings. The zero-order valence-corrected chi connectivity index (χ0v) is 12.1. The van der Waals surface area contributed by atoms with E-state index in [1.807, 2.05) is 21.9 Å². The van der Waals surface area contributed by atoms with Crippen LogP contribution in [0.2, 0.25) is 0 Å². The molecule has 3 heterocycles. The molecule has 1 aliphatic heterocycles. The van der Waals surface area contributed by atoms with Crippen LogP contribution in [0.1, 0.15) is 36.6 Å². The summed E-state index contributed by atoms with van der Waals surface area (Å²) < 4.78 is 0. The highest BCUT2D eigenvalue weighted by atomic mass is 32.1. The first-order valence-electron chi connectivity index (χ1n) is 6.97. The van der Waals surface area contributed by atoms with Gasteiger partial charge in [0.05, 0.1) is 11.2 Å². The third-order valence-electron chi connectivity index (χ3n) is 3.81. The predicted octanol–water partition coefficient (Wildman–Crippen LogP) is 2.21. The Morgan fingerprint density at radius 1 is 1.55 bits per heavy atom. The Labute approximate surface area is 122 Å². The average molecular weight is 290 g/mol. The summed E-state index contributed by atoms with van der Waals surface area (Å²) in [5.74, 6) is 0.636. The molecule has 1 atom stereocenters. The Hall–Kier alpha value is -1.69. The van der Waals surface area contributed by atoms with E-state index in [1.54, 1.807) is 17.5 Å². The van der Waals surface area contributed by atoms with Crippen LogP contribution in [-0.2, 0) is 11.2 Å². The van der Waals surface area contributed by atoms with Crippen LogP contribution in [0.25, 0.3) is 0 Å². The molecule has 3 rings (SSSR count). The summed E-state index contributed by atoms with van der Waals surface area (Å²) in [7, 11) is 0. The number of nitrogens with zero attached hydrogens (tertiary/aromatic N) is 3. The Bertz CT molecular complexity index is 538. The van der Waals surface area contributed by atoms with Gasteiger partial charge in [0.15, 0.2) is 0 Å². The van der Waals surface area contributed by atoms with Crippen molar-refractivity contribution in [3.05, 3.63) is 34.5 Å². The number of piperidine rings is 1. The van der Waals surface area contributed by atoms with Crippen molar-refractivity contribution in [2.45, 2.75) is 31.6 Å². The van der Waals surface area contributed by atoms with E-state index in [-0.39, 0.29) is 5.91 Å². The van der Waals surface area contributed by atoms with Gasteiger partial charge in [-0.05, 0) is 25.3 Å². The molecule has 0 bridgehead atoms. The van der Waals surface area contributed by atoms with Crippen LogP contribution in [0.3, 0.4) is 0 Å². The summed E-state index contributed by atoms with van der Waals surface area (Å²) in [6.45, 7) is 1.68. The topological polar surface area (TPSA) is 61.9 Å². The van der Waals surface area contributed by atoms with E-state index in [9.17, 15) is 4.79 Å². The van der Waals surface area contributed by atoms with Crippen LogP contribution in [0.4, 0.5) is 0 Å². The number of aromatic nitrogens is 3. The Morgan fingerprint density at radius 2 is 2.50 bits per heavy atom. The molecule has 0 aromatic carbocycles. The summed E-state index contributed by atoms with van der Waals surface area (Å²) in [6, 6.07) is 2.01. The van der Waals surface area contributed by atoms with Crippen LogP contribution >= 0.6 is 11.3 Å². The van der Waals surface area contributed by atoms with E-state index < -0.39 is 0 Å². The van der Waals surface area contributed by atoms with Gasteiger partial charge in [-0.3, -0.25) is 9.89 Å². The average Bonchev–Trinajstić information content (AvgIpc) is 3.18. The third kappa shape index (κ3) is 3.07. The molecule has 6 heteroatoms. The van der Waals surface area contributed by atoms with Gasteiger partial charge in [0.25, 0.3) is 0 Å². The zero-order chi connectivity index (χ0) is 13.8. The van der Waals surface area contributed by atoms with Gasteiger partial charge in [-0.2, -0.15) is 5.10 Å². The highest BCUT2D eigenvalue weighted by molar-refractivity contribution is 7.07. The minimum absolute atomic E-state index is 0.238. The number of thiazole rings is 1. The first-order chi connectivity index (χ1) is 9.83. The van der Waals surface area contributed by atoms with E-state index in [4.69, 9.17) is 0 Å². The predicted molar refractivity (Wildman–Crippen MR) is 77.6 cm³/mol. The smallest absolute Gasteiger partial charge is 0.222 e. The van der Waals surface area contributed by atoms with Gasteiger partial charge in [-0.15, -0.1) is 11.3 Å². The molecule has 0 radical (unpaired) electrons. The lowest BCUT2D eigenvalue weighted by molar-refractivity contribution is -0.132. The van der Waals surface area contributed by atoms with Crippen molar-refractivity contribution >= 4 is 17.2 Å². The number of amides is 1. The highest BCUT2D eigenvalue weighted by Crippen LogP contribution is 2.25. The number of rotatable bonds is 4.